The fraction of sp³-hybridized carbons (Fsp3) is 0.200. The third kappa shape index (κ3) is 3.33. The average Bonchev–Trinajstić information content (AvgIpc) is 3.14. The van der Waals surface area contributed by atoms with E-state index in [9.17, 15) is 4.79 Å². The molecule has 0 spiro atoms. The summed E-state index contributed by atoms with van der Waals surface area (Å²) in [6, 6.07) is 13.2. The van der Waals surface area contributed by atoms with E-state index in [0.717, 1.165) is 16.9 Å². The molecule has 0 aliphatic carbocycles. The van der Waals surface area contributed by atoms with Gasteiger partial charge in [-0.15, -0.1) is 10.2 Å². The quantitative estimate of drug-likeness (QED) is 0.520. The predicted molar refractivity (Wildman–Crippen MR) is 110 cm³/mol. The number of rotatable bonds is 4. The summed E-state index contributed by atoms with van der Waals surface area (Å²) in [5, 5.41) is 12.0. The van der Waals surface area contributed by atoms with E-state index in [1.54, 1.807) is 18.2 Å². The number of ether oxygens (including phenoxy) is 2. The van der Waals surface area contributed by atoms with Crippen molar-refractivity contribution >= 4 is 40.0 Å². The van der Waals surface area contributed by atoms with Crippen LogP contribution in [0.5, 0.6) is 11.5 Å². The molecule has 2 aromatic carbocycles. The van der Waals surface area contributed by atoms with E-state index in [0.29, 0.717) is 41.1 Å². The van der Waals surface area contributed by atoms with Crippen LogP contribution in [0.2, 0.25) is 0 Å². The highest BCUT2D eigenvalue weighted by molar-refractivity contribution is 8.00. The summed E-state index contributed by atoms with van der Waals surface area (Å²) in [7, 11) is 0. The number of aromatic nitrogens is 4. The van der Waals surface area contributed by atoms with Crippen molar-refractivity contribution in [1.29, 1.82) is 0 Å². The van der Waals surface area contributed by atoms with E-state index in [4.69, 9.17) is 9.47 Å². The molecule has 0 bridgehead atoms. The number of amides is 1. The minimum absolute atomic E-state index is 0.143. The SMILES string of the molecule is Cc1nnc2c(SCC(=O)Nc3ccc4c(c3)OCCO4)nc3ccccc3n12. The van der Waals surface area contributed by atoms with Crippen molar-refractivity contribution in [3.63, 3.8) is 0 Å². The maximum Gasteiger partial charge on any atom is 0.234 e. The predicted octanol–water partition coefficient (Wildman–Crippen LogP) is 3.09. The molecule has 1 aliphatic rings. The third-order valence-corrected chi connectivity index (χ3v) is 5.48. The van der Waals surface area contributed by atoms with Crippen molar-refractivity contribution in [2.45, 2.75) is 11.9 Å². The molecule has 0 saturated carbocycles. The van der Waals surface area contributed by atoms with Gasteiger partial charge in [0.05, 0.1) is 16.8 Å². The van der Waals surface area contributed by atoms with Crippen molar-refractivity contribution in [2.24, 2.45) is 0 Å². The molecule has 1 amide bonds. The molecule has 0 saturated heterocycles. The Hall–Kier alpha value is -3.33. The summed E-state index contributed by atoms with van der Waals surface area (Å²) in [6.07, 6.45) is 0. The van der Waals surface area contributed by atoms with Crippen LogP contribution in [0.4, 0.5) is 5.69 Å². The summed E-state index contributed by atoms with van der Waals surface area (Å²) < 4.78 is 13.0. The van der Waals surface area contributed by atoms with Gasteiger partial charge in [0.25, 0.3) is 0 Å². The van der Waals surface area contributed by atoms with E-state index in [-0.39, 0.29) is 11.7 Å². The van der Waals surface area contributed by atoms with Gasteiger partial charge in [-0.05, 0) is 31.2 Å². The van der Waals surface area contributed by atoms with Crippen LogP contribution in [0, 0.1) is 6.92 Å². The van der Waals surface area contributed by atoms with Crippen LogP contribution in [0.1, 0.15) is 5.82 Å². The van der Waals surface area contributed by atoms with Crippen LogP contribution in [-0.4, -0.2) is 44.5 Å². The topological polar surface area (TPSA) is 90.6 Å². The van der Waals surface area contributed by atoms with E-state index in [2.05, 4.69) is 20.5 Å². The number of hydrogen-bond acceptors (Lipinski definition) is 7. The summed E-state index contributed by atoms with van der Waals surface area (Å²) in [5.74, 6) is 2.16. The zero-order valence-corrected chi connectivity index (χ0v) is 16.4. The van der Waals surface area contributed by atoms with Crippen molar-refractivity contribution < 1.29 is 14.3 Å². The zero-order valence-electron chi connectivity index (χ0n) is 15.6. The Morgan fingerprint density at radius 1 is 1.14 bits per heavy atom. The molecular weight excluding hydrogens is 390 g/mol. The Kier molecular flexibility index (Phi) is 4.44. The Bertz CT molecular complexity index is 1240. The Labute approximate surface area is 170 Å². The Balaban J connectivity index is 1.35. The summed E-state index contributed by atoms with van der Waals surface area (Å²) >= 11 is 1.33. The first-order valence-corrected chi connectivity index (χ1v) is 10.1. The van der Waals surface area contributed by atoms with Gasteiger partial charge in [0.2, 0.25) is 5.91 Å². The molecule has 0 atom stereocenters. The van der Waals surface area contributed by atoms with Crippen molar-refractivity contribution in [3.05, 3.63) is 48.3 Å². The lowest BCUT2D eigenvalue weighted by Crippen LogP contribution is -2.17. The van der Waals surface area contributed by atoms with E-state index >= 15 is 0 Å². The molecule has 0 radical (unpaired) electrons. The fourth-order valence-electron chi connectivity index (χ4n) is 3.25. The van der Waals surface area contributed by atoms with Gasteiger partial charge in [0, 0.05) is 11.8 Å². The molecule has 5 rings (SSSR count). The summed E-state index contributed by atoms with van der Waals surface area (Å²) in [5.41, 5.74) is 3.08. The number of para-hydroxylation sites is 2. The van der Waals surface area contributed by atoms with Gasteiger partial charge in [0.15, 0.2) is 17.1 Å². The van der Waals surface area contributed by atoms with E-state index in [1.165, 1.54) is 11.8 Å². The van der Waals surface area contributed by atoms with E-state index in [1.807, 2.05) is 35.6 Å². The van der Waals surface area contributed by atoms with Gasteiger partial charge in [-0.3, -0.25) is 9.20 Å². The molecule has 8 nitrogen and oxygen atoms in total. The number of anilines is 1. The van der Waals surface area contributed by atoms with Crippen molar-refractivity contribution in [1.82, 2.24) is 19.6 Å². The maximum absolute atomic E-state index is 12.5. The highest BCUT2D eigenvalue weighted by Gasteiger charge is 2.16. The number of carbonyl (C=O) groups is 1. The monoisotopic (exact) mass is 407 g/mol. The molecule has 0 fully saturated rings. The molecule has 29 heavy (non-hydrogen) atoms. The molecule has 146 valence electrons. The molecule has 0 unspecified atom stereocenters. The van der Waals surface area contributed by atoms with Gasteiger partial charge >= 0.3 is 0 Å². The van der Waals surface area contributed by atoms with Crippen LogP contribution in [-0.2, 0) is 4.79 Å². The number of carbonyl (C=O) groups excluding carboxylic acids is 1. The normalized spacial score (nSPS) is 13.0. The van der Waals surface area contributed by atoms with Crippen LogP contribution in [0.15, 0.2) is 47.5 Å². The fourth-order valence-corrected chi connectivity index (χ4v) is 4.01. The van der Waals surface area contributed by atoms with Gasteiger partial charge in [-0.2, -0.15) is 0 Å². The van der Waals surface area contributed by atoms with Gasteiger partial charge in [-0.25, -0.2) is 4.98 Å². The van der Waals surface area contributed by atoms with Gasteiger partial charge in [-0.1, -0.05) is 23.9 Å². The Morgan fingerprint density at radius 3 is 2.86 bits per heavy atom. The zero-order chi connectivity index (χ0) is 19.8. The third-order valence-electron chi connectivity index (χ3n) is 4.53. The minimum Gasteiger partial charge on any atom is -0.486 e. The number of nitrogens with zero attached hydrogens (tertiary/aromatic N) is 4. The largest absolute Gasteiger partial charge is 0.486 e. The van der Waals surface area contributed by atoms with Crippen molar-refractivity contribution in [3.8, 4) is 11.5 Å². The standard InChI is InChI=1S/C20H17N5O3S/c1-12-23-24-19-20(22-14-4-2-3-5-15(14)25(12)19)29-11-18(26)21-13-6-7-16-17(10-13)28-9-8-27-16/h2-7,10H,8-9,11H2,1H3,(H,21,26). The van der Waals surface area contributed by atoms with Crippen molar-refractivity contribution in [2.75, 3.05) is 24.3 Å². The lowest BCUT2D eigenvalue weighted by Gasteiger charge is -2.19. The second-order valence-electron chi connectivity index (χ2n) is 6.51. The van der Waals surface area contributed by atoms with E-state index < -0.39 is 0 Å². The number of nitrogens with one attached hydrogen (secondary N) is 1. The Morgan fingerprint density at radius 2 is 1.97 bits per heavy atom. The average molecular weight is 407 g/mol. The summed E-state index contributed by atoms with van der Waals surface area (Å²) in [6.45, 7) is 2.93. The number of aryl methyl sites for hydroxylation is 1. The molecule has 3 heterocycles. The molecule has 4 aromatic rings. The van der Waals surface area contributed by atoms with Crippen LogP contribution < -0.4 is 14.8 Å². The molecule has 1 aliphatic heterocycles. The number of fused-ring (bicyclic) bond motifs is 4. The lowest BCUT2D eigenvalue weighted by atomic mass is 10.2. The molecule has 2 aromatic heterocycles. The van der Waals surface area contributed by atoms with Crippen LogP contribution in [0.3, 0.4) is 0 Å². The van der Waals surface area contributed by atoms with Crippen LogP contribution >= 0.6 is 11.8 Å². The molecule has 9 heteroatoms. The number of hydrogen-bond donors (Lipinski definition) is 1. The van der Waals surface area contributed by atoms with Gasteiger partial charge in [0.1, 0.15) is 24.1 Å². The first-order valence-electron chi connectivity index (χ1n) is 9.12. The lowest BCUT2D eigenvalue weighted by molar-refractivity contribution is -0.113. The molecule has 1 N–H and O–H groups in total. The number of thioether (sulfide) groups is 1. The first-order chi connectivity index (χ1) is 14.2. The van der Waals surface area contributed by atoms with Gasteiger partial charge < -0.3 is 14.8 Å². The number of benzene rings is 2. The minimum atomic E-state index is -0.143. The highest BCUT2D eigenvalue weighted by atomic mass is 32.2. The highest BCUT2D eigenvalue weighted by Crippen LogP contribution is 2.33. The van der Waals surface area contributed by atoms with Crippen LogP contribution in [0.25, 0.3) is 16.7 Å². The second kappa shape index (κ2) is 7.25. The maximum atomic E-state index is 12.5. The molecular formula is C20H17N5O3S. The summed E-state index contributed by atoms with van der Waals surface area (Å²) in [4.78, 5) is 17.2. The second-order valence-corrected chi connectivity index (χ2v) is 7.47. The smallest absolute Gasteiger partial charge is 0.234 e. The first kappa shape index (κ1) is 17.7.